The van der Waals surface area contributed by atoms with E-state index in [2.05, 4.69) is 0 Å². The molecular weight excluding hydrogens is 294 g/mol. The maximum absolute atomic E-state index is 12.7. The molecule has 0 amide bonds. The van der Waals surface area contributed by atoms with E-state index in [0.29, 0.717) is 25.4 Å². The van der Waals surface area contributed by atoms with Gasteiger partial charge < -0.3 is 4.57 Å². The molecule has 0 spiro atoms. The molecule has 1 fully saturated rings. The van der Waals surface area contributed by atoms with Crippen LogP contribution in [-0.2, 0) is 24.1 Å². The van der Waals surface area contributed by atoms with E-state index in [4.69, 9.17) is 0 Å². The summed E-state index contributed by atoms with van der Waals surface area (Å²) < 4.78 is 28.8. The lowest BCUT2D eigenvalue weighted by Gasteiger charge is -2.21. The Morgan fingerprint density at radius 2 is 1.90 bits per heavy atom. The minimum Gasteiger partial charge on any atom is -0.302 e. The number of sulfonamides is 1. The number of nitrogens with zero attached hydrogens (tertiary/aromatic N) is 3. The fourth-order valence-electron chi connectivity index (χ4n) is 2.24. The largest absolute Gasteiger partial charge is 0.330 e. The molecule has 0 saturated heterocycles. The topological polar surface area (TPSA) is 81.4 Å². The van der Waals surface area contributed by atoms with Gasteiger partial charge in [-0.25, -0.2) is 13.2 Å². The van der Waals surface area contributed by atoms with Crippen LogP contribution < -0.4 is 11.2 Å². The van der Waals surface area contributed by atoms with Crippen LogP contribution in [0.3, 0.4) is 0 Å². The van der Waals surface area contributed by atoms with Crippen molar-refractivity contribution in [2.45, 2.75) is 31.1 Å². The first-order chi connectivity index (χ1) is 9.78. The molecule has 0 bridgehead atoms. The molecule has 0 atom stereocenters. The maximum atomic E-state index is 12.7. The zero-order valence-corrected chi connectivity index (χ0v) is 13.4. The molecular formula is C13H21N3O4S. The van der Waals surface area contributed by atoms with E-state index in [1.165, 1.54) is 18.4 Å². The molecule has 1 aliphatic rings. The second-order valence-corrected chi connectivity index (χ2v) is 7.46. The molecule has 0 radical (unpaired) electrons. The van der Waals surface area contributed by atoms with E-state index in [1.54, 1.807) is 0 Å². The van der Waals surface area contributed by atoms with Gasteiger partial charge in [0.2, 0.25) is 10.0 Å². The van der Waals surface area contributed by atoms with E-state index >= 15 is 0 Å². The molecule has 0 unspecified atom stereocenters. The van der Waals surface area contributed by atoms with Crippen molar-refractivity contribution in [2.24, 2.45) is 20.0 Å². The SMILES string of the molecule is CCCN(CC1CC1)S(=O)(=O)c1cn(C)c(=O)n(C)c1=O. The number of hydrogen-bond donors (Lipinski definition) is 0. The predicted octanol–water partition coefficient (Wildman–Crippen LogP) is -0.105. The molecule has 1 aromatic rings. The first kappa shape index (κ1) is 16.0. The Morgan fingerprint density at radius 3 is 2.43 bits per heavy atom. The van der Waals surface area contributed by atoms with E-state index < -0.39 is 21.3 Å². The van der Waals surface area contributed by atoms with Gasteiger partial charge in [-0.05, 0) is 25.2 Å². The van der Waals surface area contributed by atoms with E-state index in [9.17, 15) is 18.0 Å². The highest BCUT2D eigenvalue weighted by Crippen LogP contribution is 2.31. The van der Waals surface area contributed by atoms with Gasteiger partial charge in [0.05, 0.1) is 0 Å². The summed E-state index contributed by atoms with van der Waals surface area (Å²) in [6.07, 6.45) is 3.86. The minimum absolute atomic E-state index is 0.332. The summed E-state index contributed by atoms with van der Waals surface area (Å²) in [5, 5.41) is 0. The van der Waals surface area contributed by atoms with Gasteiger partial charge >= 0.3 is 5.69 Å². The Balaban J connectivity index is 2.51. The van der Waals surface area contributed by atoms with Crippen LogP contribution >= 0.6 is 0 Å². The van der Waals surface area contributed by atoms with Crippen molar-refractivity contribution in [3.8, 4) is 0 Å². The molecule has 0 aromatic carbocycles. The van der Waals surface area contributed by atoms with Gasteiger partial charge in [0.1, 0.15) is 0 Å². The van der Waals surface area contributed by atoms with Crippen molar-refractivity contribution in [3.63, 3.8) is 0 Å². The lowest BCUT2D eigenvalue weighted by Crippen LogP contribution is -2.43. The van der Waals surface area contributed by atoms with Crippen LogP contribution in [-0.4, -0.2) is 34.9 Å². The number of aryl methyl sites for hydroxylation is 1. The van der Waals surface area contributed by atoms with Gasteiger partial charge in [0.25, 0.3) is 5.56 Å². The Kier molecular flexibility index (Phi) is 4.38. The zero-order chi connectivity index (χ0) is 15.8. The molecule has 1 aliphatic carbocycles. The number of rotatable bonds is 6. The van der Waals surface area contributed by atoms with Gasteiger partial charge in [-0.3, -0.25) is 9.36 Å². The zero-order valence-electron chi connectivity index (χ0n) is 12.6. The highest BCUT2D eigenvalue weighted by atomic mass is 32.2. The predicted molar refractivity (Wildman–Crippen MR) is 78.7 cm³/mol. The average Bonchev–Trinajstić information content (AvgIpc) is 3.24. The first-order valence-corrected chi connectivity index (χ1v) is 8.49. The normalized spacial score (nSPS) is 15.6. The molecule has 0 aliphatic heterocycles. The summed E-state index contributed by atoms with van der Waals surface area (Å²) in [6.45, 7) is 2.72. The van der Waals surface area contributed by atoms with Crippen LogP contribution in [0, 0.1) is 5.92 Å². The highest BCUT2D eigenvalue weighted by molar-refractivity contribution is 7.89. The Bertz CT molecular complexity index is 744. The number of aromatic nitrogens is 2. The Labute approximate surface area is 123 Å². The fraction of sp³-hybridized carbons (Fsp3) is 0.692. The number of hydrogen-bond acceptors (Lipinski definition) is 4. The van der Waals surface area contributed by atoms with Gasteiger partial charge in [-0.1, -0.05) is 6.92 Å². The minimum atomic E-state index is -3.87. The molecule has 118 valence electrons. The van der Waals surface area contributed by atoms with E-state index in [1.807, 2.05) is 6.92 Å². The molecule has 21 heavy (non-hydrogen) atoms. The molecule has 1 aromatic heterocycles. The van der Waals surface area contributed by atoms with Gasteiger partial charge in [-0.2, -0.15) is 4.31 Å². The molecule has 1 heterocycles. The van der Waals surface area contributed by atoms with Crippen LogP contribution in [0.15, 0.2) is 20.7 Å². The molecule has 2 rings (SSSR count). The highest BCUT2D eigenvalue weighted by Gasteiger charge is 2.33. The maximum Gasteiger partial charge on any atom is 0.330 e. The summed E-state index contributed by atoms with van der Waals surface area (Å²) >= 11 is 0. The third kappa shape index (κ3) is 3.11. The van der Waals surface area contributed by atoms with Gasteiger partial charge in [-0.15, -0.1) is 0 Å². The van der Waals surface area contributed by atoms with Crippen molar-refractivity contribution in [2.75, 3.05) is 13.1 Å². The monoisotopic (exact) mass is 315 g/mol. The van der Waals surface area contributed by atoms with Crippen molar-refractivity contribution in [3.05, 3.63) is 27.0 Å². The smallest absolute Gasteiger partial charge is 0.302 e. The van der Waals surface area contributed by atoms with Crippen molar-refractivity contribution >= 4 is 10.0 Å². The van der Waals surface area contributed by atoms with Crippen molar-refractivity contribution in [1.29, 1.82) is 0 Å². The van der Waals surface area contributed by atoms with E-state index in [-0.39, 0.29) is 4.90 Å². The first-order valence-electron chi connectivity index (χ1n) is 7.05. The van der Waals surface area contributed by atoms with Crippen LogP contribution in [0.2, 0.25) is 0 Å². The molecule has 1 saturated carbocycles. The third-order valence-corrected chi connectivity index (χ3v) is 5.51. The van der Waals surface area contributed by atoms with Crippen molar-refractivity contribution in [1.82, 2.24) is 13.4 Å². The summed E-state index contributed by atoms with van der Waals surface area (Å²) in [5.41, 5.74) is -1.31. The lowest BCUT2D eigenvalue weighted by molar-refractivity contribution is 0.394. The second kappa shape index (κ2) is 5.76. The van der Waals surface area contributed by atoms with Crippen LogP contribution in [0.1, 0.15) is 26.2 Å². The molecule has 0 N–H and O–H groups in total. The van der Waals surface area contributed by atoms with Gasteiger partial charge in [0.15, 0.2) is 4.90 Å². The molecule has 8 heteroatoms. The quantitative estimate of drug-likeness (QED) is 0.734. The van der Waals surface area contributed by atoms with E-state index in [0.717, 1.165) is 28.2 Å². The Hall–Kier alpha value is -1.41. The van der Waals surface area contributed by atoms with Crippen LogP contribution in [0.5, 0.6) is 0 Å². The molecule has 7 nitrogen and oxygen atoms in total. The van der Waals surface area contributed by atoms with Crippen LogP contribution in [0.25, 0.3) is 0 Å². The van der Waals surface area contributed by atoms with Crippen molar-refractivity contribution < 1.29 is 8.42 Å². The second-order valence-electron chi connectivity index (χ2n) is 5.56. The van der Waals surface area contributed by atoms with Crippen LogP contribution in [0.4, 0.5) is 0 Å². The standard InChI is InChI=1S/C13H21N3O4S/c1-4-7-16(8-10-5-6-10)21(19,20)11-9-14(2)13(18)15(3)12(11)17/h9-10H,4-8H2,1-3H3. The summed E-state index contributed by atoms with van der Waals surface area (Å²) in [5.74, 6) is 0.391. The third-order valence-electron chi connectivity index (χ3n) is 3.66. The summed E-state index contributed by atoms with van der Waals surface area (Å²) in [7, 11) is -1.15. The Morgan fingerprint density at radius 1 is 1.29 bits per heavy atom. The average molecular weight is 315 g/mol. The summed E-state index contributed by atoms with van der Waals surface area (Å²) in [6, 6.07) is 0. The summed E-state index contributed by atoms with van der Waals surface area (Å²) in [4.78, 5) is 23.5. The fourth-order valence-corrected chi connectivity index (χ4v) is 4.00. The lowest BCUT2D eigenvalue weighted by atomic mass is 10.4. The van der Waals surface area contributed by atoms with Gasteiger partial charge in [0, 0.05) is 33.4 Å².